The van der Waals surface area contributed by atoms with E-state index in [1.165, 1.54) is 43.1 Å². The normalized spacial score (nSPS) is 28.8. The van der Waals surface area contributed by atoms with Crippen molar-refractivity contribution in [3.8, 4) is 0 Å². The number of nitrogens with zero attached hydrogens (tertiary/aromatic N) is 2. The lowest BCUT2D eigenvalue weighted by atomic mass is 10.1. The highest BCUT2D eigenvalue weighted by Gasteiger charge is 2.34. The second-order valence-corrected chi connectivity index (χ2v) is 5.97. The smallest absolute Gasteiger partial charge is 0.0897 e. The fourth-order valence-electron chi connectivity index (χ4n) is 3.01. The number of fused-ring (bicyclic) bond motifs is 2. The van der Waals surface area contributed by atoms with Crippen LogP contribution in [-0.2, 0) is 6.54 Å². The number of aryl methyl sites for hydroxylation is 1. The van der Waals surface area contributed by atoms with E-state index in [0.29, 0.717) is 0 Å². The van der Waals surface area contributed by atoms with Crippen molar-refractivity contribution in [3.63, 3.8) is 0 Å². The first kappa shape index (κ1) is 13.3. The van der Waals surface area contributed by atoms with E-state index in [9.17, 15) is 0 Å². The fraction of sp³-hybridized carbons (Fsp3) is 0.750. The van der Waals surface area contributed by atoms with Crippen molar-refractivity contribution in [2.45, 2.75) is 44.8 Å². The molecule has 3 heterocycles. The number of nitrogens with one attached hydrogen (secondary N) is 1. The second kappa shape index (κ2) is 5.65. The Balaban J connectivity index is 0.00000108. The standard InChI is InChI=1S/C12H19N3S.ClH/c1-9-14-10(8-16-9)7-15-11-2-3-12(15)6-13-5-4-11;/h8,11-13H,2-7H2,1H3;1H. The van der Waals surface area contributed by atoms with E-state index >= 15 is 0 Å². The molecular formula is C12H20ClN3S. The van der Waals surface area contributed by atoms with Gasteiger partial charge in [0.05, 0.1) is 10.7 Å². The maximum atomic E-state index is 4.59. The lowest BCUT2D eigenvalue weighted by Gasteiger charge is -2.26. The van der Waals surface area contributed by atoms with Gasteiger partial charge in [-0.15, -0.1) is 23.7 Å². The van der Waals surface area contributed by atoms with Crippen molar-refractivity contribution in [1.29, 1.82) is 0 Å². The third-order valence-electron chi connectivity index (χ3n) is 3.82. The molecule has 0 spiro atoms. The van der Waals surface area contributed by atoms with E-state index in [2.05, 4.69) is 27.5 Å². The molecule has 1 aromatic rings. The molecule has 1 aromatic heterocycles. The van der Waals surface area contributed by atoms with Crippen LogP contribution < -0.4 is 5.32 Å². The highest BCUT2D eigenvalue weighted by atomic mass is 35.5. The SMILES string of the molecule is Cc1nc(CN2C3CCNCC2CC3)cs1.Cl. The Hall–Kier alpha value is -0.160. The van der Waals surface area contributed by atoms with Crippen molar-refractivity contribution >= 4 is 23.7 Å². The number of thiazole rings is 1. The first-order valence-corrected chi connectivity index (χ1v) is 7.08. The molecule has 3 rings (SSSR count). The quantitative estimate of drug-likeness (QED) is 0.895. The van der Waals surface area contributed by atoms with E-state index in [-0.39, 0.29) is 12.4 Å². The number of rotatable bonds is 2. The molecule has 0 aliphatic carbocycles. The monoisotopic (exact) mass is 273 g/mol. The molecule has 17 heavy (non-hydrogen) atoms. The molecule has 3 nitrogen and oxygen atoms in total. The number of aromatic nitrogens is 1. The predicted octanol–water partition coefficient (Wildman–Crippen LogP) is 2.20. The molecule has 0 amide bonds. The van der Waals surface area contributed by atoms with Gasteiger partial charge in [-0.25, -0.2) is 4.98 Å². The molecule has 2 fully saturated rings. The maximum Gasteiger partial charge on any atom is 0.0897 e. The van der Waals surface area contributed by atoms with Crippen LogP contribution >= 0.6 is 23.7 Å². The van der Waals surface area contributed by atoms with Gasteiger partial charge in [0.25, 0.3) is 0 Å². The maximum absolute atomic E-state index is 4.59. The third kappa shape index (κ3) is 2.81. The van der Waals surface area contributed by atoms with Gasteiger partial charge in [-0.1, -0.05) is 0 Å². The molecule has 2 saturated heterocycles. The van der Waals surface area contributed by atoms with Crippen LogP contribution in [0.15, 0.2) is 5.38 Å². The van der Waals surface area contributed by atoms with Gasteiger partial charge >= 0.3 is 0 Å². The molecule has 2 aliphatic rings. The highest BCUT2D eigenvalue weighted by Crippen LogP contribution is 2.29. The lowest BCUT2D eigenvalue weighted by molar-refractivity contribution is 0.191. The fourth-order valence-corrected chi connectivity index (χ4v) is 3.61. The van der Waals surface area contributed by atoms with Crippen molar-refractivity contribution < 1.29 is 0 Å². The van der Waals surface area contributed by atoms with Gasteiger partial charge in [-0.2, -0.15) is 0 Å². The minimum Gasteiger partial charge on any atom is -0.315 e. The first-order valence-electron chi connectivity index (χ1n) is 6.20. The Kier molecular flexibility index (Phi) is 4.42. The van der Waals surface area contributed by atoms with Crippen LogP contribution in [0.3, 0.4) is 0 Å². The summed E-state index contributed by atoms with van der Waals surface area (Å²) in [6.07, 6.45) is 4.05. The number of halogens is 1. The Morgan fingerprint density at radius 1 is 1.41 bits per heavy atom. The first-order chi connectivity index (χ1) is 7.83. The topological polar surface area (TPSA) is 28.2 Å². The average molecular weight is 274 g/mol. The van der Waals surface area contributed by atoms with Crippen LogP contribution in [0.1, 0.15) is 30.0 Å². The van der Waals surface area contributed by atoms with Gasteiger partial charge in [-0.05, 0) is 32.7 Å². The van der Waals surface area contributed by atoms with Crippen LogP contribution in [-0.4, -0.2) is 35.1 Å². The summed E-state index contributed by atoms with van der Waals surface area (Å²) in [5.41, 5.74) is 1.27. The van der Waals surface area contributed by atoms with Gasteiger partial charge in [0.2, 0.25) is 0 Å². The van der Waals surface area contributed by atoms with Crippen LogP contribution in [0, 0.1) is 6.92 Å². The molecular weight excluding hydrogens is 254 g/mol. The molecule has 96 valence electrons. The van der Waals surface area contributed by atoms with Gasteiger partial charge in [-0.3, -0.25) is 4.90 Å². The zero-order valence-corrected chi connectivity index (χ0v) is 11.8. The molecule has 0 radical (unpaired) electrons. The van der Waals surface area contributed by atoms with Crippen molar-refractivity contribution in [2.24, 2.45) is 0 Å². The highest BCUT2D eigenvalue weighted by molar-refractivity contribution is 7.09. The molecule has 0 aromatic carbocycles. The predicted molar refractivity (Wildman–Crippen MR) is 73.9 cm³/mol. The van der Waals surface area contributed by atoms with Crippen LogP contribution in [0.5, 0.6) is 0 Å². The second-order valence-electron chi connectivity index (χ2n) is 4.91. The molecule has 5 heteroatoms. The van der Waals surface area contributed by atoms with E-state index in [1.807, 2.05) is 0 Å². The minimum absolute atomic E-state index is 0. The van der Waals surface area contributed by atoms with E-state index < -0.39 is 0 Å². The van der Waals surface area contributed by atoms with Crippen LogP contribution in [0.2, 0.25) is 0 Å². The van der Waals surface area contributed by atoms with Crippen LogP contribution in [0.4, 0.5) is 0 Å². The van der Waals surface area contributed by atoms with Gasteiger partial charge in [0.1, 0.15) is 0 Å². The summed E-state index contributed by atoms with van der Waals surface area (Å²) in [6.45, 7) is 5.50. The Labute approximate surface area is 113 Å². The minimum atomic E-state index is 0. The number of hydrogen-bond acceptors (Lipinski definition) is 4. The number of hydrogen-bond donors (Lipinski definition) is 1. The Bertz CT molecular complexity index is 354. The summed E-state index contributed by atoms with van der Waals surface area (Å²) in [7, 11) is 0. The zero-order chi connectivity index (χ0) is 11.0. The van der Waals surface area contributed by atoms with Gasteiger partial charge in [0, 0.05) is 30.6 Å². The van der Waals surface area contributed by atoms with E-state index in [4.69, 9.17) is 0 Å². The molecule has 2 bridgehead atoms. The van der Waals surface area contributed by atoms with E-state index in [1.54, 1.807) is 11.3 Å². The molecule has 2 atom stereocenters. The van der Waals surface area contributed by atoms with Crippen molar-refractivity contribution in [2.75, 3.05) is 13.1 Å². The van der Waals surface area contributed by atoms with Crippen molar-refractivity contribution in [1.82, 2.24) is 15.2 Å². The molecule has 2 unspecified atom stereocenters. The van der Waals surface area contributed by atoms with Crippen molar-refractivity contribution in [3.05, 3.63) is 16.1 Å². The average Bonchev–Trinajstić information content (AvgIpc) is 2.72. The molecule has 0 saturated carbocycles. The van der Waals surface area contributed by atoms with E-state index in [0.717, 1.165) is 18.6 Å². The lowest BCUT2D eigenvalue weighted by Crippen LogP contribution is -2.37. The summed E-state index contributed by atoms with van der Waals surface area (Å²) >= 11 is 1.77. The largest absolute Gasteiger partial charge is 0.315 e. The van der Waals surface area contributed by atoms with Gasteiger partial charge in [0.15, 0.2) is 0 Å². The molecule has 2 aliphatic heterocycles. The van der Waals surface area contributed by atoms with Gasteiger partial charge < -0.3 is 5.32 Å². The summed E-state index contributed by atoms with van der Waals surface area (Å²) in [6, 6.07) is 1.54. The zero-order valence-electron chi connectivity index (χ0n) is 10.2. The summed E-state index contributed by atoms with van der Waals surface area (Å²) < 4.78 is 0. The summed E-state index contributed by atoms with van der Waals surface area (Å²) in [5, 5.41) is 6.95. The Morgan fingerprint density at radius 2 is 2.24 bits per heavy atom. The third-order valence-corrected chi connectivity index (χ3v) is 4.64. The summed E-state index contributed by atoms with van der Waals surface area (Å²) in [5.74, 6) is 0. The Morgan fingerprint density at radius 3 is 3.00 bits per heavy atom. The summed E-state index contributed by atoms with van der Waals surface area (Å²) in [4.78, 5) is 7.26. The van der Waals surface area contributed by atoms with Crippen LogP contribution in [0.25, 0.3) is 0 Å². The molecule has 1 N–H and O–H groups in total.